The van der Waals surface area contributed by atoms with Crippen LogP contribution in [0.5, 0.6) is 0 Å². The van der Waals surface area contributed by atoms with Crippen LogP contribution in [0.3, 0.4) is 0 Å². The minimum Gasteiger partial charge on any atom is -0.271 e. The molecule has 4 heteroatoms. The van der Waals surface area contributed by atoms with Gasteiger partial charge in [0.1, 0.15) is 5.82 Å². The molecule has 0 spiro atoms. The van der Waals surface area contributed by atoms with Crippen LogP contribution in [0.15, 0.2) is 34.8 Å². The van der Waals surface area contributed by atoms with E-state index >= 15 is 0 Å². The maximum atomic E-state index is 13.7. The van der Waals surface area contributed by atoms with Crippen molar-refractivity contribution in [3.63, 3.8) is 0 Å². The topological polar surface area (TPSA) is 38.0 Å². The van der Waals surface area contributed by atoms with Crippen LogP contribution in [-0.4, -0.2) is 0 Å². The summed E-state index contributed by atoms with van der Waals surface area (Å²) in [4.78, 5) is 0. The number of hydrogen-bond donors (Lipinski definition) is 2. The fourth-order valence-corrected chi connectivity index (χ4v) is 2.16. The molecule has 1 rings (SSSR count). The Hall–Kier alpha value is -0.710. The van der Waals surface area contributed by atoms with Crippen LogP contribution in [0.2, 0.25) is 0 Å². The summed E-state index contributed by atoms with van der Waals surface area (Å²) in [6, 6.07) is 4.71. The molecule has 0 heterocycles. The molecule has 0 saturated carbocycles. The number of nitrogens with two attached hydrogens (primary N) is 1. The van der Waals surface area contributed by atoms with Crippen molar-refractivity contribution in [2.75, 3.05) is 0 Å². The lowest BCUT2D eigenvalue weighted by atomic mass is 10.00. The number of nitrogens with one attached hydrogen (secondary N) is 1. The van der Waals surface area contributed by atoms with Gasteiger partial charge in [-0.25, -0.2) is 4.39 Å². The molecule has 0 saturated heterocycles. The maximum absolute atomic E-state index is 13.7. The molecule has 0 aliphatic carbocycles. The Morgan fingerprint density at radius 3 is 2.81 bits per heavy atom. The summed E-state index contributed by atoms with van der Waals surface area (Å²) in [5, 5.41) is 0. The van der Waals surface area contributed by atoms with E-state index in [2.05, 4.69) is 27.9 Å². The summed E-state index contributed by atoms with van der Waals surface area (Å²) >= 11 is 3.34. The highest BCUT2D eigenvalue weighted by Gasteiger charge is 2.17. The molecule has 1 aromatic carbocycles. The van der Waals surface area contributed by atoms with Crippen LogP contribution in [0.1, 0.15) is 31.4 Å². The predicted octanol–water partition coefficient (Wildman–Crippen LogP) is 3.45. The first kappa shape index (κ1) is 13.4. The van der Waals surface area contributed by atoms with E-state index in [1.165, 1.54) is 6.07 Å². The Labute approximate surface area is 104 Å². The monoisotopic (exact) mass is 286 g/mol. The molecule has 3 N–H and O–H groups in total. The quantitative estimate of drug-likeness (QED) is 0.494. The first-order chi connectivity index (χ1) is 7.56. The van der Waals surface area contributed by atoms with Gasteiger partial charge in [0.25, 0.3) is 0 Å². The summed E-state index contributed by atoms with van der Waals surface area (Å²) < 4.78 is 14.4. The molecule has 0 amide bonds. The van der Waals surface area contributed by atoms with Crippen molar-refractivity contribution in [2.24, 2.45) is 5.84 Å². The minimum absolute atomic E-state index is 0.202. The highest BCUT2D eigenvalue weighted by Crippen LogP contribution is 2.29. The molecular weight excluding hydrogens is 271 g/mol. The van der Waals surface area contributed by atoms with Crippen molar-refractivity contribution in [2.45, 2.75) is 25.8 Å². The standard InChI is InChI=1S/C12H16BrFN2/c1-8(2)6-7-11(16-15)12-9(13)4-3-5-10(12)14/h3-5,11,16H,1,6-7,15H2,2H3. The second-order valence-electron chi connectivity index (χ2n) is 3.85. The Balaban J connectivity index is 2.90. The summed E-state index contributed by atoms with van der Waals surface area (Å²) in [5.74, 6) is 5.21. The summed E-state index contributed by atoms with van der Waals surface area (Å²) in [5.41, 5.74) is 4.28. The predicted molar refractivity (Wildman–Crippen MR) is 68.2 cm³/mol. The summed E-state index contributed by atoms with van der Waals surface area (Å²) in [6.45, 7) is 5.77. The normalized spacial score (nSPS) is 12.5. The van der Waals surface area contributed by atoms with E-state index in [-0.39, 0.29) is 11.9 Å². The fraction of sp³-hybridized carbons (Fsp3) is 0.333. The van der Waals surface area contributed by atoms with Crippen LogP contribution in [0, 0.1) is 5.82 Å². The molecule has 0 aromatic heterocycles. The largest absolute Gasteiger partial charge is 0.271 e. The van der Waals surface area contributed by atoms with Gasteiger partial charge in [-0.15, -0.1) is 6.58 Å². The summed E-state index contributed by atoms with van der Waals surface area (Å²) in [6.07, 6.45) is 1.54. The molecule has 1 aromatic rings. The lowest BCUT2D eigenvalue weighted by Gasteiger charge is -2.18. The molecule has 0 aliphatic heterocycles. The Morgan fingerprint density at radius 1 is 1.62 bits per heavy atom. The Morgan fingerprint density at radius 2 is 2.31 bits per heavy atom. The van der Waals surface area contributed by atoms with E-state index < -0.39 is 0 Å². The second-order valence-corrected chi connectivity index (χ2v) is 4.70. The van der Waals surface area contributed by atoms with Gasteiger partial charge in [0.15, 0.2) is 0 Å². The second kappa shape index (κ2) is 6.13. The number of halogens is 2. The van der Waals surface area contributed by atoms with Crippen LogP contribution in [0.25, 0.3) is 0 Å². The van der Waals surface area contributed by atoms with Gasteiger partial charge < -0.3 is 0 Å². The van der Waals surface area contributed by atoms with Gasteiger partial charge in [0.2, 0.25) is 0 Å². The zero-order valence-corrected chi connectivity index (χ0v) is 10.8. The van der Waals surface area contributed by atoms with Gasteiger partial charge in [0.05, 0.1) is 6.04 Å². The first-order valence-corrected chi connectivity index (χ1v) is 5.90. The third-order valence-electron chi connectivity index (χ3n) is 2.41. The lowest BCUT2D eigenvalue weighted by Crippen LogP contribution is -2.29. The Bertz CT molecular complexity index is 359. The highest BCUT2D eigenvalue weighted by atomic mass is 79.9. The number of rotatable bonds is 5. The van der Waals surface area contributed by atoms with Crippen LogP contribution in [-0.2, 0) is 0 Å². The minimum atomic E-state index is -0.251. The zero-order valence-electron chi connectivity index (χ0n) is 9.26. The lowest BCUT2D eigenvalue weighted by molar-refractivity contribution is 0.483. The molecule has 0 fully saturated rings. The van der Waals surface area contributed by atoms with Gasteiger partial charge >= 0.3 is 0 Å². The molecule has 1 atom stereocenters. The molecule has 0 aliphatic rings. The maximum Gasteiger partial charge on any atom is 0.129 e. The number of benzene rings is 1. The van der Waals surface area contributed by atoms with E-state index in [1.807, 2.05) is 13.0 Å². The van der Waals surface area contributed by atoms with Crippen molar-refractivity contribution < 1.29 is 4.39 Å². The van der Waals surface area contributed by atoms with Crippen molar-refractivity contribution in [3.05, 3.63) is 46.2 Å². The van der Waals surface area contributed by atoms with Crippen molar-refractivity contribution in [1.82, 2.24) is 5.43 Å². The van der Waals surface area contributed by atoms with E-state index in [0.29, 0.717) is 5.56 Å². The van der Waals surface area contributed by atoms with Crippen molar-refractivity contribution in [1.29, 1.82) is 0 Å². The van der Waals surface area contributed by atoms with E-state index in [1.54, 1.807) is 6.07 Å². The van der Waals surface area contributed by atoms with Crippen molar-refractivity contribution in [3.8, 4) is 0 Å². The molecular formula is C12H16BrFN2. The smallest absolute Gasteiger partial charge is 0.129 e. The SMILES string of the molecule is C=C(C)CCC(NN)c1c(F)cccc1Br. The molecule has 16 heavy (non-hydrogen) atoms. The molecule has 1 unspecified atom stereocenters. The highest BCUT2D eigenvalue weighted by molar-refractivity contribution is 9.10. The number of hydrazine groups is 1. The van der Waals surface area contributed by atoms with E-state index in [9.17, 15) is 4.39 Å². The van der Waals surface area contributed by atoms with Crippen LogP contribution in [0.4, 0.5) is 4.39 Å². The average molecular weight is 287 g/mol. The number of hydrogen-bond acceptors (Lipinski definition) is 2. The number of allylic oxidation sites excluding steroid dienone is 1. The van der Waals surface area contributed by atoms with Gasteiger partial charge in [-0.2, -0.15) is 0 Å². The molecule has 0 bridgehead atoms. The van der Waals surface area contributed by atoms with Crippen LogP contribution < -0.4 is 11.3 Å². The molecule has 88 valence electrons. The zero-order chi connectivity index (χ0) is 12.1. The van der Waals surface area contributed by atoms with Gasteiger partial charge in [-0.05, 0) is 31.9 Å². The molecule has 0 radical (unpaired) electrons. The van der Waals surface area contributed by atoms with Gasteiger partial charge in [0, 0.05) is 10.0 Å². The summed E-state index contributed by atoms with van der Waals surface area (Å²) in [7, 11) is 0. The van der Waals surface area contributed by atoms with Crippen LogP contribution >= 0.6 is 15.9 Å². The van der Waals surface area contributed by atoms with E-state index in [4.69, 9.17) is 5.84 Å². The molecule has 2 nitrogen and oxygen atoms in total. The first-order valence-electron chi connectivity index (χ1n) is 5.10. The Kier molecular flexibility index (Phi) is 5.12. The fourth-order valence-electron chi connectivity index (χ4n) is 1.55. The third-order valence-corrected chi connectivity index (χ3v) is 3.10. The third kappa shape index (κ3) is 3.40. The van der Waals surface area contributed by atoms with Gasteiger partial charge in [-0.1, -0.05) is 27.6 Å². The van der Waals surface area contributed by atoms with Crippen molar-refractivity contribution >= 4 is 15.9 Å². The average Bonchev–Trinajstić information content (AvgIpc) is 2.22. The van der Waals surface area contributed by atoms with Gasteiger partial charge in [-0.3, -0.25) is 11.3 Å². The van der Waals surface area contributed by atoms with E-state index in [0.717, 1.165) is 22.9 Å².